The minimum absolute atomic E-state index is 0. The second-order valence-electron chi connectivity index (χ2n) is 6.74. The van der Waals surface area contributed by atoms with Crippen LogP contribution in [0.1, 0.15) is 18.1 Å². The van der Waals surface area contributed by atoms with Crippen LogP contribution in [0.15, 0.2) is 59.6 Å². The second kappa shape index (κ2) is 13.0. The van der Waals surface area contributed by atoms with Crippen molar-refractivity contribution in [2.24, 2.45) is 4.99 Å². The van der Waals surface area contributed by atoms with E-state index < -0.39 is 0 Å². The number of nitrogens with zero attached hydrogens (tertiary/aromatic N) is 3. The van der Waals surface area contributed by atoms with Gasteiger partial charge in [-0.05, 0) is 30.2 Å². The molecular weight excluding hydrogens is 479 g/mol. The summed E-state index contributed by atoms with van der Waals surface area (Å²) in [4.78, 5) is 20.0. The van der Waals surface area contributed by atoms with E-state index >= 15 is 0 Å². The summed E-state index contributed by atoms with van der Waals surface area (Å²) < 4.78 is 5.58. The number of likely N-dealkylation sites (N-methyl/N-ethyl adjacent to an activating group) is 1. The number of benzene rings is 2. The Morgan fingerprint density at radius 1 is 1.03 bits per heavy atom. The van der Waals surface area contributed by atoms with Crippen molar-refractivity contribution in [2.75, 3.05) is 34.3 Å². The molecule has 0 atom stereocenters. The summed E-state index contributed by atoms with van der Waals surface area (Å²) in [5.41, 5.74) is 2.26. The zero-order valence-corrected chi connectivity index (χ0v) is 19.9. The fraction of sp³-hybridized carbons (Fsp3) is 0.364. The Balaban J connectivity index is 0.00000420. The molecule has 0 aliphatic rings. The third-order valence-electron chi connectivity index (χ3n) is 4.13. The Bertz CT molecular complexity index is 781. The van der Waals surface area contributed by atoms with E-state index in [1.165, 1.54) is 10.5 Å². The van der Waals surface area contributed by atoms with Crippen molar-refractivity contribution >= 4 is 35.8 Å². The predicted octanol–water partition coefficient (Wildman–Crippen LogP) is 3.37. The molecule has 0 heterocycles. The van der Waals surface area contributed by atoms with Crippen LogP contribution in [0.5, 0.6) is 5.75 Å². The number of aliphatic imine (C=N–C) groups is 1. The smallest absolute Gasteiger partial charge is 0.259 e. The Morgan fingerprint density at radius 2 is 1.72 bits per heavy atom. The van der Waals surface area contributed by atoms with Gasteiger partial charge in [0, 0.05) is 34.2 Å². The number of hydrogen-bond acceptors (Lipinski definition) is 3. The molecule has 2 aromatic carbocycles. The molecule has 0 spiro atoms. The van der Waals surface area contributed by atoms with Crippen molar-refractivity contribution in [1.82, 2.24) is 15.1 Å². The number of carbonyl (C=O) groups excluding carboxylic acids is 1. The number of ether oxygens (including phenoxy) is 1. The molecule has 158 valence electrons. The van der Waals surface area contributed by atoms with Gasteiger partial charge in [0.2, 0.25) is 0 Å². The van der Waals surface area contributed by atoms with Gasteiger partial charge < -0.3 is 19.9 Å². The number of hydrogen-bond donors (Lipinski definition) is 1. The van der Waals surface area contributed by atoms with Crippen molar-refractivity contribution in [3.05, 3.63) is 65.7 Å². The molecule has 0 bridgehead atoms. The van der Waals surface area contributed by atoms with Gasteiger partial charge in [-0.1, -0.05) is 42.5 Å². The molecule has 1 N–H and O–H groups in total. The zero-order chi connectivity index (χ0) is 20.4. The molecule has 29 heavy (non-hydrogen) atoms. The summed E-state index contributed by atoms with van der Waals surface area (Å²) in [6, 6.07) is 18.0. The van der Waals surface area contributed by atoms with E-state index in [4.69, 9.17) is 9.73 Å². The lowest BCUT2D eigenvalue weighted by atomic mass is 10.2. The summed E-state index contributed by atoms with van der Waals surface area (Å²) in [6.45, 7) is 4.20. The van der Waals surface area contributed by atoms with Crippen LogP contribution in [0.3, 0.4) is 0 Å². The van der Waals surface area contributed by atoms with E-state index in [9.17, 15) is 4.79 Å². The lowest BCUT2D eigenvalue weighted by molar-refractivity contribution is -0.130. The Hall–Kier alpha value is -2.29. The van der Waals surface area contributed by atoms with Gasteiger partial charge in [-0.25, -0.2) is 4.99 Å². The monoisotopic (exact) mass is 510 g/mol. The highest BCUT2D eigenvalue weighted by atomic mass is 127. The van der Waals surface area contributed by atoms with E-state index in [0.29, 0.717) is 12.3 Å². The van der Waals surface area contributed by atoms with E-state index in [1.54, 1.807) is 14.1 Å². The van der Waals surface area contributed by atoms with Crippen LogP contribution in [0.2, 0.25) is 0 Å². The number of guanidine groups is 1. The molecule has 0 aromatic heterocycles. The maximum atomic E-state index is 11.7. The largest absolute Gasteiger partial charge is 0.484 e. The van der Waals surface area contributed by atoms with Gasteiger partial charge in [0.25, 0.3) is 5.91 Å². The van der Waals surface area contributed by atoms with Crippen LogP contribution >= 0.6 is 24.0 Å². The highest BCUT2D eigenvalue weighted by molar-refractivity contribution is 14.0. The van der Waals surface area contributed by atoms with Crippen LogP contribution in [0.4, 0.5) is 0 Å². The molecule has 0 fully saturated rings. The van der Waals surface area contributed by atoms with Crippen LogP contribution in [0, 0.1) is 0 Å². The van der Waals surface area contributed by atoms with Crippen LogP contribution in [0.25, 0.3) is 0 Å². The van der Waals surface area contributed by atoms with Gasteiger partial charge in [-0.2, -0.15) is 0 Å². The number of carbonyl (C=O) groups is 1. The van der Waals surface area contributed by atoms with E-state index in [-0.39, 0.29) is 36.5 Å². The lowest BCUT2D eigenvalue weighted by Crippen LogP contribution is -2.38. The van der Waals surface area contributed by atoms with Crippen molar-refractivity contribution in [3.8, 4) is 5.75 Å². The topological polar surface area (TPSA) is 57.2 Å². The summed E-state index contributed by atoms with van der Waals surface area (Å²) in [5.74, 6) is 1.45. The summed E-state index contributed by atoms with van der Waals surface area (Å²) in [7, 11) is 5.46. The third-order valence-corrected chi connectivity index (χ3v) is 4.13. The maximum Gasteiger partial charge on any atom is 0.259 e. The van der Waals surface area contributed by atoms with Gasteiger partial charge in [0.1, 0.15) is 5.75 Å². The van der Waals surface area contributed by atoms with E-state index in [0.717, 1.165) is 24.6 Å². The molecule has 2 aromatic rings. The first kappa shape index (κ1) is 24.7. The Morgan fingerprint density at radius 3 is 2.38 bits per heavy atom. The van der Waals surface area contributed by atoms with Gasteiger partial charge in [0.05, 0.1) is 6.54 Å². The van der Waals surface area contributed by atoms with Crippen LogP contribution in [-0.4, -0.2) is 56.0 Å². The zero-order valence-electron chi connectivity index (χ0n) is 17.6. The highest BCUT2D eigenvalue weighted by Crippen LogP contribution is 2.14. The van der Waals surface area contributed by atoms with Crippen LogP contribution < -0.4 is 10.1 Å². The fourth-order valence-corrected chi connectivity index (χ4v) is 2.58. The van der Waals surface area contributed by atoms with Gasteiger partial charge >= 0.3 is 0 Å². The van der Waals surface area contributed by atoms with E-state index in [2.05, 4.69) is 29.3 Å². The molecule has 2 rings (SSSR count). The van der Waals surface area contributed by atoms with Crippen molar-refractivity contribution < 1.29 is 9.53 Å². The lowest BCUT2D eigenvalue weighted by Gasteiger charge is -2.22. The summed E-state index contributed by atoms with van der Waals surface area (Å²) in [6.07, 6.45) is 0. The highest BCUT2D eigenvalue weighted by Gasteiger charge is 2.08. The van der Waals surface area contributed by atoms with Crippen molar-refractivity contribution in [3.63, 3.8) is 0 Å². The van der Waals surface area contributed by atoms with Gasteiger partial charge in [-0.3, -0.25) is 4.79 Å². The number of halogens is 1. The SMILES string of the molecule is CCNC(=NCc1cccc(OCC(=O)N(C)C)c1)N(C)Cc1ccccc1.I. The first-order valence-electron chi connectivity index (χ1n) is 9.45. The standard InChI is InChI=1S/C22H30N4O2.HI/c1-5-23-22(26(4)16-18-10-7-6-8-11-18)24-15-19-12-9-13-20(14-19)28-17-21(27)25(2)3;/h6-14H,5,15-17H2,1-4H3,(H,23,24);1H. The molecule has 0 saturated heterocycles. The van der Waals surface area contributed by atoms with E-state index in [1.807, 2.05) is 49.5 Å². The minimum atomic E-state index is -0.0691. The maximum absolute atomic E-state index is 11.7. The van der Waals surface area contributed by atoms with Crippen LogP contribution in [-0.2, 0) is 17.9 Å². The van der Waals surface area contributed by atoms with Crippen molar-refractivity contribution in [1.29, 1.82) is 0 Å². The normalized spacial score (nSPS) is 10.7. The summed E-state index contributed by atoms with van der Waals surface area (Å²) in [5, 5.41) is 3.33. The Labute approximate surface area is 191 Å². The molecule has 1 amide bonds. The quantitative estimate of drug-likeness (QED) is 0.336. The number of amides is 1. The first-order valence-corrected chi connectivity index (χ1v) is 9.45. The fourth-order valence-electron chi connectivity index (χ4n) is 2.58. The average Bonchev–Trinajstić information content (AvgIpc) is 2.70. The predicted molar refractivity (Wildman–Crippen MR) is 129 cm³/mol. The third kappa shape index (κ3) is 8.72. The van der Waals surface area contributed by atoms with Crippen molar-refractivity contribution in [2.45, 2.75) is 20.0 Å². The second-order valence-corrected chi connectivity index (χ2v) is 6.74. The number of rotatable bonds is 8. The first-order chi connectivity index (χ1) is 13.5. The molecule has 6 nitrogen and oxygen atoms in total. The van der Waals surface area contributed by atoms with Gasteiger partial charge in [-0.15, -0.1) is 24.0 Å². The molecule has 7 heteroatoms. The summed E-state index contributed by atoms with van der Waals surface area (Å²) >= 11 is 0. The number of nitrogens with one attached hydrogen (secondary N) is 1. The molecule has 0 aliphatic heterocycles. The Kier molecular flexibility index (Phi) is 11.1. The average molecular weight is 510 g/mol. The van der Waals surface area contributed by atoms with Gasteiger partial charge in [0.15, 0.2) is 12.6 Å². The molecule has 0 unspecified atom stereocenters. The molecular formula is C22H31IN4O2. The molecule has 0 aliphatic carbocycles. The molecule has 0 radical (unpaired) electrons. The molecule has 0 saturated carbocycles. The minimum Gasteiger partial charge on any atom is -0.484 e.